The van der Waals surface area contributed by atoms with Gasteiger partial charge in [-0.25, -0.2) is 4.39 Å². The van der Waals surface area contributed by atoms with E-state index in [1.54, 1.807) is 19.2 Å². The first-order chi connectivity index (χ1) is 11.7. The average molecular weight is 346 g/mol. The van der Waals surface area contributed by atoms with Crippen molar-refractivity contribution >= 4 is 11.6 Å². The van der Waals surface area contributed by atoms with Crippen LogP contribution in [-0.2, 0) is 6.54 Å². The highest BCUT2D eigenvalue weighted by atomic mass is 35.5. The molecule has 0 fully saturated rings. The monoisotopic (exact) mass is 345 g/mol. The number of halogens is 2. The fourth-order valence-corrected chi connectivity index (χ4v) is 2.37. The van der Waals surface area contributed by atoms with Crippen molar-refractivity contribution in [3.05, 3.63) is 65.5 Å². The van der Waals surface area contributed by atoms with Gasteiger partial charge >= 0.3 is 0 Å². The predicted molar refractivity (Wildman–Crippen MR) is 96.7 cm³/mol. The van der Waals surface area contributed by atoms with Gasteiger partial charge in [0.2, 0.25) is 0 Å². The summed E-state index contributed by atoms with van der Waals surface area (Å²) >= 11 is 5.67. The third-order valence-electron chi connectivity index (χ3n) is 3.57. The highest BCUT2D eigenvalue weighted by Gasteiger charge is 2.12. The minimum atomic E-state index is -0.358. The van der Waals surface area contributed by atoms with E-state index in [2.05, 4.69) is 17.2 Å². The molecule has 0 aliphatic carbocycles. The van der Waals surface area contributed by atoms with Gasteiger partial charge in [-0.2, -0.15) is 0 Å². The van der Waals surface area contributed by atoms with Gasteiger partial charge < -0.3 is 4.74 Å². The van der Waals surface area contributed by atoms with Gasteiger partial charge in [0.05, 0.1) is 13.2 Å². The van der Waals surface area contributed by atoms with Crippen LogP contribution in [0.5, 0.6) is 5.75 Å². The van der Waals surface area contributed by atoms with E-state index in [0.717, 1.165) is 17.7 Å². The molecule has 0 saturated heterocycles. The van der Waals surface area contributed by atoms with Crippen molar-refractivity contribution in [3.8, 4) is 17.6 Å². The van der Waals surface area contributed by atoms with Crippen molar-refractivity contribution in [1.82, 2.24) is 5.32 Å². The van der Waals surface area contributed by atoms with E-state index >= 15 is 0 Å². The SMILES string of the molecule is COc1ccc(CNC(C#CCCCCl)c2ccccc2F)cc1. The lowest BCUT2D eigenvalue weighted by molar-refractivity contribution is 0.414. The molecular formula is C20H21ClFNO. The maximum atomic E-state index is 14.1. The van der Waals surface area contributed by atoms with Crippen LogP contribution >= 0.6 is 11.6 Å². The van der Waals surface area contributed by atoms with Crippen LogP contribution in [0, 0.1) is 17.7 Å². The third kappa shape index (κ3) is 5.56. The Hall–Kier alpha value is -2.02. The Bertz CT molecular complexity index is 691. The maximum Gasteiger partial charge on any atom is 0.128 e. The van der Waals surface area contributed by atoms with Gasteiger partial charge in [0.15, 0.2) is 0 Å². The van der Waals surface area contributed by atoms with Crippen LogP contribution in [0.4, 0.5) is 4.39 Å². The second-order valence-corrected chi connectivity index (χ2v) is 5.68. The molecule has 0 radical (unpaired) electrons. The number of nitrogens with one attached hydrogen (secondary N) is 1. The Morgan fingerprint density at radius 1 is 1.17 bits per heavy atom. The summed E-state index contributed by atoms with van der Waals surface area (Å²) < 4.78 is 19.2. The zero-order valence-electron chi connectivity index (χ0n) is 13.7. The molecule has 2 nitrogen and oxygen atoms in total. The molecule has 0 aliphatic rings. The summed E-state index contributed by atoms with van der Waals surface area (Å²) in [6.07, 6.45) is 1.54. The largest absolute Gasteiger partial charge is 0.497 e. The van der Waals surface area contributed by atoms with Gasteiger partial charge in [-0.05, 0) is 30.2 Å². The molecule has 0 heterocycles. The summed E-state index contributed by atoms with van der Waals surface area (Å²) in [7, 11) is 1.64. The second-order valence-electron chi connectivity index (χ2n) is 5.30. The Morgan fingerprint density at radius 3 is 2.58 bits per heavy atom. The van der Waals surface area contributed by atoms with E-state index in [0.29, 0.717) is 24.4 Å². The molecule has 1 N–H and O–H groups in total. The molecule has 24 heavy (non-hydrogen) atoms. The molecule has 0 aliphatic heterocycles. The van der Waals surface area contributed by atoms with Gasteiger partial charge in [-0.3, -0.25) is 5.32 Å². The first kappa shape index (κ1) is 18.3. The number of methoxy groups -OCH3 is 1. The number of hydrogen-bond donors (Lipinski definition) is 1. The molecule has 0 spiro atoms. The van der Waals surface area contributed by atoms with Crippen LogP contribution in [0.15, 0.2) is 48.5 Å². The van der Waals surface area contributed by atoms with Crippen molar-refractivity contribution in [1.29, 1.82) is 0 Å². The maximum absolute atomic E-state index is 14.1. The minimum absolute atomic E-state index is 0.253. The first-order valence-corrected chi connectivity index (χ1v) is 8.43. The number of unbranched alkanes of at least 4 members (excludes halogenated alkanes) is 1. The highest BCUT2D eigenvalue weighted by Crippen LogP contribution is 2.18. The normalized spacial score (nSPS) is 11.5. The van der Waals surface area contributed by atoms with E-state index in [-0.39, 0.29) is 11.9 Å². The average Bonchev–Trinajstić information content (AvgIpc) is 2.62. The Morgan fingerprint density at radius 2 is 1.92 bits per heavy atom. The van der Waals surface area contributed by atoms with E-state index in [4.69, 9.17) is 16.3 Å². The van der Waals surface area contributed by atoms with Gasteiger partial charge in [-0.15, -0.1) is 17.5 Å². The van der Waals surface area contributed by atoms with Gasteiger partial charge in [0.25, 0.3) is 0 Å². The summed E-state index contributed by atoms with van der Waals surface area (Å²) in [4.78, 5) is 0. The summed E-state index contributed by atoms with van der Waals surface area (Å²) in [6, 6.07) is 14.1. The van der Waals surface area contributed by atoms with Crippen LogP contribution in [0.25, 0.3) is 0 Å². The molecule has 0 saturated carbocycles. The number of rotatable bonds is 7. The van der Waals surface area contributed by atoms with E-state index in [9.17, 15) is 4.39 Å². The van der Waals surface area contributed by atoms with E-state index < -0.39 is 0 Å². The fourth-order valence-electron chi connectivity index (χ4n) is 2.24. The molecule has 0 amide bonds. The predicted octanol–water partition coefficient (Wildman–Crippen LogP) is 4.69. The smallest absolute Gasteiger partial charge is 0.128 e. The highest BCUT2D eigenvalue weighted by molar-refractivity contribution is 6.17. The Kier molecular flexibility index (Phi) is 7.61. The van der Waals surface area contributed by atoms with Gasteiger partial charge in [-0.1, -0.05) is 36.3 Å². The Balaban J connectivity index is 2.09. The summed E-state index contributed by atoms with van der Waals surface area (Å²) in [5.41, 5.74) is 1.64. The topological polar surface area (TPSA) is 21.3 Å². The number of benzene rings is 2. The number of ether oxygens (including phenoxy) is 1. The second kappa shape index (κ2) is 9.97. The molecule has 2 rings (SSSR count). The molecule has 1 atom stereocenters. The van der Waals surface area contributed by atoms with Crippen molar-refractivity contribution < 1.29 is 9.13 Å². The number of alkyl halides is 1. The van der Waals surface area contributed by atoms with Crippen LogP contribution in [0.1, 0.15) is 30.0 Å². The Labute approximate surface area is 148 Å². The molecule has 126 valence electrons. The van der Waals surface area contributed by atoms with Gasteiger partial charge in [0.1, 0.15) is 11.6 Å². The van der Waals surface area contributed by atoms with Crippen molar-refractivity contribution in [2.75, 3.05) is 13.0 Å². The molecule has 0 bridgehead atoms. The van der Waals surface area contributed by atoms with Crippen LogP contribution in [-0.4, -0.2) is 13.0 Å². The molecule has 0 aromatic heterocycles. The van der Waals surface area contributed by atoms with E-state index in [1.807, 2.05) is 30.3 Å². The van der Waals surface area contributed by atoms with Crippen LogP contribution in [0.3, 0.4) is 0 Å². The van der Waals surface area contributed by atoms with Crippen LogP contribution < -0.4 is 10.1 Å². The van der Waals surface area contributed by atoms with Crippen molar-refractivity contribution in [3.63, 3.8) is 0 Å². The summed E-state index contributed by atoms with van der Waals surface area (Å²) in [5.74, 6) is 7.34. The lowest BCUT2D eigenvalue weighted by Gasteiger charge is -2.15. The zero-order chi connectivity index (χ0) is 17.2. The van der Waals surface area contributed by atoms with E-state index in [1.165, 1.54) is 6.07 Å². The lowest BCUT2D eigenvalue weighted by atomic mass is 10.1. The van der Waals surface area contributed by atoms with Crippen LogP contribution in [0.2, 0.25) is 0 Å². The number of hydrogen-bond acceptors (Lipinski definition) is 2. The summed E-state index contributed by atoms with van der Waals surface area (Å²) in [6.45, 7) is 0.590. The first-order valence-electron chi connectivity index (χ1n) is 7.89. The van der Waals surface area contributed by atoms with Crippen molar-refractivity contribution in [2.45, 2.75) is 25.4 Å². The summed E-state index contributed by atoms with van der Waals surface area (Å²) in [5, 5.41) is 3.32. The molecular weight excluding hydrogens is 325 g/mol. The standard InChI is InChI=1S/C20H21ClFNO/c1-24-17-12-10-16(11-13-17)15-23-20(9-3-2-6-14-21)18-7-4-5-8-19(18)22/h4-5,7-8,10-13,20,23H,2,6,14-15H2,1H3. The third-order valence-corrected chi connectivity index (χ3v) is 3.83. The fraction of sp³-hybridized carbons (Fsp3) is 0.300. The molecule has 1 unspecified atom stereocenters. The molecule has 2 aromatic rings. The molecule has 2 aromatic carbocycles. The van der Waals surface area contributed by atoms with Gasteiger partial charge in [0, 0.05) is 24.4 Å². The lowest BCUT2D eigenvalue weighted by Crippen LogP contribution is -2.20. The quantitative estimate of drug-likeness (QED) is 0.446. The molecule has 4 heteroatoms. The van der Waals surface area contributed by atoms with Crippen molar-refractivity contribution in [2.24, 2.45) is 0 Å². The zero-order valence-corrected chi connectivity index (χ0v) is 14.4. The minimum Gasteiger partial charge on any atom is -0.497 e.